The summed E-state index contributed by atoms with van der Waals surface area (Å²) in [5, 5.41) is 9.41. The second-order valence-electron chi connectivity index (χ2n) is 9.09. The van der Waals surface area contributed by atoms with Crippen LogP contribution in [0.5, 0.6) is 0 Å². The third-order valence-electron chi connectivity index (χ3n) is 6.21. The van der Waals surface area contributed by atoms with Crippen LogP contribution < -0.4 is 5.43 Å². The molecule has 2 heterocycles. The average molecular weight is 638 g/mol. The van der Waals surface area contributed by atoms with Crippen molar-refractivity contribution in [2.45, 2.75) is 16.7 Å². The molecule has 2 aromatic heterocycles. The van der Waals surface area contributed by atoms with Gasteiger partial charge < -0.3 is 0 Å². The predicted molar refractivity (Wildman–Crippen MR) is 163 cm³/mol. The highest BCUT2D eigenvalue weighted by Gasteiger charge is 2.21. The maximum Gasteiger partial charge on any atom is 0.296 e. The van der Waals surface area contributed by atoms with E-state index in [1.54, 1.807) is 61.5 Å². The van der Waals surface area contributed by atoms with E-state index in [1.165, 1.54) is 34.8 Å². The van der Waals surface area contributed by atoms with Gasteiger partial charge in [0, 0.05) is 11.1 Å². The standard InChI is InChI=1S/C27H19N5O6S4/c1-15-5-14-21-24(25(15)42(36,37)38)40-27(29-21)17-8-12-19(13-9-17)31-32-30-18-10-6-16(7-11-18)26-28-20-3-2-4-22(23(20)39-26)41(33,34)35/h2-14H,1H3,(H,30,31)(H,33,34,35)(H,36,37,38). The van der Waals surface area contributed by atoms with E-state index in [0.29, 0.717) is 47.4 Å². The summed E-state index contributed by atoms with van der Waals surface area (Å²) in [5.41, 5.74) is 7.04. The number of nitrogens with one attached hydrogen (secondary N) is 1. The van der Waals surface area contributed by atoms with Crippen LogP contribution in [0, 0.1) is 6.92 Å². The fourth-order valence-corrected chi connectivity index (χ4v) is 8.59. The molecule has 0 amide bonds. The number of anilines is 1. The van der Waals surface area contributed by atoms with Gasteiger partial charge in [0.25, 0.3) is 20.2 Å². The quantitative estimate of drug-likeness (QED) is 0.0933. The Morgan fingerprint density at radius 2 is 1.31 bits per heavy atom. The van der Waals surface area contributed by atoms with Gasteiger partial charge in [-0.05, 0) is 79.2 Å². The van der Waals surface area contributed by atoms with Crippen LogP contribution in [-0.2, 0) is 20.2 Å². The van der Waals surface area contributed by atoms with Crippen LogP contribution in [0.1, 0.15) is 5.56 Å². The summed E-state index contributed by atoms with van der Waals surface area (Å²) in [6.07, 6.45) is 0. The van der Waals surface area contributed by atoms with Crippen LogP contribution in [-0.4, -0.2) is 35.9 Å². The fraction of sp³-hybridized carbons (Fsp3) is 0.0370. The molecule has 0 spiro atoms. The zero-order valence-corrected chi connectivity index (χ0v) is 24.7. The Kier molecular flexibility index (Phi) is 7.08. The van der Waals surface area contributed by atoms with Crippen molar-refractivity contribution in [3.8, 4) is 21.1 Å². The Morgan fingerprint density at radius 1 is 0.714 bits per heavy atom. The van der Waals surface area contributed by atoms with Gasteiger partial charge in [0.15, 0.2) is 0 Å². The third kappa shape index (κ3) is 5.53. The molecule has 0 aliphatic rings. The smallest absolute Gasteiger partial charge is 0.282 e. The number of thiazole rings is 2. The lowest BCUT2D eigenvalue weighted by Gasteiger charge is -2.02. The van der Waals surface area contributed by atoms with Gasteiger partial charge in [-0.15, -0.1) is 27.8 Å². The van der Waals surface area contributed by atoms with Gasteiger partial charge in [0.2, 0.25) is 0 Å². The number of hydrogen-bond acceptors (Lipinski definition) is 10. The number of benzene rings is 4. The van der Waals surface area contributed by atoms with Crippen molar-refractivity contribution in [1.29, 1.82) is 0 Å². The minimum Gasteiger partial charge on any atom is -0.282 e. The first-order chi connectivity index (χ1) is 20.0. The first-order valence-corrected chi connectivity index (χ1v) is 16.6. The zero-order chi connectivity index (χ0) is 29.6. The van der Waals surface area contributed by atoms with Crippen LogP contribution >= 0.6 is 22.7 Å². The minimum atomic E-state index is -4.39. The van der Waals surface area contributed by atoms with E-state index in [9.17, 15) is 25.9 Å². The maximum absolute atomic E-state index is 11.9. The second kappa shape index (κ2) is 10.6. The van der Waals surface area contributed by atoms with Gasteiger partial charge in [-0.25, -0.2) is 9.97 Å². The highest BCUT2D eigenvalue weighted by Crippen LogP contribution is 2.37. The summed E-state index contributed by atoms with van der Waals surface area (Å²) >= 11 is 2.36. The van der Waals surface area contributed by atoms with Crippen molar-refractivity contribution >= 4 is 74.7 Å². The van der Waals surface area contributed by atoms with Crippen LogP contribution in [0.4, 0.5) is 11.4 Å². The molecule has 0 unspecified atom stereocenters. The highest BCUT2D eigenvalue weighted by atomic mass is 32.2. The lowest BCUT2D eigenvalue weighted by Crippen LogP contribution is -2.00. The summed E-state index contributed by atoms with van der Waals surface area (Å²) in [6, 6.07) is 22.2. The molecule has 4 aromatic carbocycles. The monoisotopic (exact) mass is 637 g/mol. The Balaban J connectivity index is 1.16. The van der Waals surface area contributed by atoms with Crippen LogP contribution in [0.2, 0.25) is 0 Å². The highest BCUT2D eigenvalue weighted by molar-refractivity contribution is 7.86. The molecule has 6 rings (SSSR count). The molecule has 0 atom stereocenters. The first kappa shape index (κ1) is 28.0. The summed E-state index contributed by atoms with van der Waals surface area (Å²) in [6.45, 7) is 1.62. The molecule has 212 valence electrons. The van der Waals surface area contributed by atoms with Crippen LogP contribution in [0.15, 0.2) is 99.0 Å². The van der Waals surface area contributed by atoms with E-state index in [0.717, 1.165) is 11.1 Å². The molecular formula is C27H19N5O6S4. The molecular weight excluding hydrogens is 619 g/mol. The zero-order valence-electron chi connectivity index (χ0n) is 21.5. The van der Waals surface area contributed by atoms with Gasteiger partial charge in [0.05, 0.1) is 31.8 Å². The number of rotatable bonds is 7. The molecule has 0 saturated heterocycles. The molecule has 6 aromatic rings. The van der Waals surface area contributed by atoms with E-state index >= 15 is 0 Å². The minimum absolute atomic E-state index is 0.123. The topological polar surface area (TPSA) is 171 Å². The number of aromatic nitrogens is 2. The molecule has 0 aliphatic carbocycles. The van der Waals surface area contributed by atoms with Crippen molar-refractivity contribution in [1.82, 2.24) is 9.97 Å². The predicted octanol–water partition coefficient (Wildman–Crippen LogP) is 7.15. The van der Waals surface area contributed by atoms with E-state index in [2.05, 4.69) is 25.7 Å². The SMILES string of the molecule is Cc1ccc2nc(-c3ccc(NN=Nc4ccc(-c5nc6cccc(S(=O)(=O)O)c6s5)cc4)cc3)sc2c1S(=O)(=O)O. The van der Waals surface area contributed by atoms with Crippen LogP contribution in [0.25, 0.3) is 41.6 Å². The molecule has 0 bridgehead atoms. The molecule has 15 heteroatoms. The number of fused-ring (bicyclic) bond motifs is 2. The fourth-order valence-electron chi connectivity index (χ4n) is 4.26. The lowest BCUT2D eigenvalue weighted by molar-refractivity contribution is 0.481. The van der Waals surface area contributed by atoms with Crippen molar-refractivity contribution in [3.05, 3.63) is 84.4 Å². The van der Waals surface area contributed by atoms with E-state index < -0.39 is 20.2 Å². The van der Waals surface area contributed by atoms with Crippen molar-refractivity contribution in [2.24, 2.45) is 10.3 Å². The van der Waals surface area contributed by atoms with Gasteiger partial charge in [-0.3, -0.25) is 14.5 Å². The Hall–Kier alpha value is -4.12. The van der Waals surface area contributed by atoms with Crippen LogP contribution in [0.3, 0.4) is 0 Å². The lowest BCUT2D eigenvalue weighted by atomic mass is 10.2. The molecule has 42 heavy (non-hydrogen) atoms. The van der Waals surface area contributed by atoms with Crippen molar-refractivity contribution in [3.63, 3.8) is 0 Å². The Bertz CT molecular complexity index is 2230. The molecule has 0 aliphatic heterocycles. The summed E-state index contributed by atoms with van der Waals surface area (Å²) < 4.78 is 67.1. The van der Waals surface area contributed by atoms with E-state index in [-0.39, 0.29) is 9.79 Å². The molecule has 0 radical (unpaired) electrons. The normalized spacial score (nSPS) is 12.5. The number of hydrogen-bond donors (Lipinski definition) is 3. The van der Waals surface area contributed by atoms with Gasteiger partial charge in [0.1, 0.15) is 19.8 Å². The Labute approximate surface area is 247 Å². The Morgan fingerprint density at radius 3 is 1.93 bits per heavy atom. The third-order valence-corrected chi connectivity index (χ3v) is 10.7. The van der Waals surface area contributed by atoms with Gasteiger partial charge in [-0.2, -0.15) is 16.8 Å². The first-order valence-electron chi connectivity index (χ1n) is 12.1. The van der Waals surface area contributed by atoms with E-state index in [4.69, 9.17) is 0 Å². The molecule has 0 fully saturated rings. The average Bonchev–Trinajstić information content (AvgIpc) is 3.57. The molecule has 3 N–H and O–H groups in total. The summed E-state index contributed by atoms with van der Waals surface area (Å²) in [5.74, 6) is 0. The van der Waals surface area contributed by atoms with E-state index in [1.807, 2.05) is 12.1 Å². The summed E-state index contributed by atoms with van der Waals surface area (Å²) in [4.78, 5) is 8.71. The summed E-state index contributed by atoms with van der Waals surface area (Å²) in [7, 11) is -8.75. The largest absolute Gasteiger partial charge is 0.296 e. The van der Waals surface area contributed by atoms with Crippen molar-refractivity contribution in [2.75, 3.05) is 5.43 Å². The molecule has 11 nitrogen and oxygen atoms in total. The second-order valence-corrected chi connectivity index (χ2v) is 13.8. The number of nitrogens with zero attached hydrogens (tertiary/aromatic N) is 4. The van der Waals surface area contributed by atoms with Crippen molar-refractivity contribution < 1.29 is 25.9 Å². The molecule has 0 saturated carbocycles. The maximum atomic E-state index is 11.9. The van der Waals surface area contributed by atoms with Gasteiger partial charge >= 0.3 is 0 Å². The number of aryl methyl sites for hydroxylation is 1. The van der Waals surface area contributed by atoms with Gasteiger partial charge in [-0.1, -0.05) is 17.4 Å².